The van der Waals surface area contributed by atoms with E-state index in [1.54, 1.807) is 25.3 Å². The van der Waals surface area contributed by atoms with Crippen molar-refractivity contribution >= 4 is 29.0 Å². The number of nitrogen functional groups attached to an aromatic ring is 1. The highest BCUT2D eigenvalue weighted by atomic mass is 32.2. The molecule has 116 valence electrons. The van der Waals surface area contributed by atoms with E-state index >= 15 is 0 Å². The molecule has 1 fully saturated rings. The third kappa shape index (κ3) is 4.82. The van der Waals surface area contributed by atoms with Crippen molar-refractivity contribution in [3.05, 3.63) is 18.2 Å². The first-order valence-corrected chi connectivity index (χ1v) is 8.20. The highest BCUT2D eigenvalue weighted by Gasteiger charge is 2.17. The fourth-order valence-electron chi connectivity index (χ4n) is 2.39. The van der Waals surface area contributed by atoms with Crippen LogP contribution in [0.3, 0.4) is 0 Å². The number of hydrogen-bond acceptors (Lipinski definition) is 5. The lowest BCUT2D eigenvalue weighted by Gasteiger charge is -2.30. The minimum Gasteiger partial charge on any atom is -0.495 e. The van der Waals surface area contributed by atoms with E-state index < -0.39 is 0 Å². The molecule has 1 aromatic rings. The molecule has 1 atom stereocenters. The Labute approximate surface area is 130 Å². The van der Waals surface area contributed by atoms with E-state index in [9.17, 15) is 4.79 Å². The Morgan fingerprint density at radius 2 is 2.38 bits per heavy atom. The van der Waals surface area contributed by atoms with Crippen molar-refractivity contribution in [2.24, 2.45) is 0 Å². The van der Waals surface area contributed by atoms with E-state index in [0.29, 0.717) is 28.8 Å². The minimum atomic E-state index is -0.00946. The Morgan fingerprint density at radius 1 is 1.57 bits per heavy atom. The topological polar surface area (TPSA) is 67.6 Å². The number of hydrogen-bond donors (Lipinski definition) is 2. The van der Waals surface area contributed by atoms with Crippen LogP contribution in [-0.2, 0) is 4.79 Å². The van der Waals surface area contributed by atoms with Crippen LogP contribution in [-0.4, -0.2) is 48.6 Å². The van der Waals surface area contributed by atoms with Gasteiger partial charge in [-0.1, -0.05) is 6.92 Å². The molecule has 0 aromatic heterocycles. The number of ether oxygens (including phenoxy) is 1. The van der Waals surface area contributed by atoms with Crippen molar-refractivity contribution in [3.8, 4) is 5.75 Å². The Hall–Kier alpha value is -1.40. The molecule has 1 saturated heterocycles. The zero-order chi connectivity index (χ0) is 15.2. The molecule has 21 heavy (non-hydrogen) atoms. The predicted octanol–water partition coefficient (Wildman–Crippen LogP) is 2.04. The zero-order valence-corrected chi connectivity index (χ0v) is 13.4. The predicted molar refractivity (Wildman–Crippen MR) is 89.0 cm³/mol. The van der Waals surface area contributed by atoms with Crippen LogP contribution in [0.4, 0.5) is 11.4 Å². The van der Waals surface area contributed by atoms with Crippen LogP contribution in [0.25, 0.3) is 0 Å². The van der Waals surface area contributed by atoms with Gasteiger partial charge in [0.1, 0.15) is 5.75 Å². The summed E-state index contributed by atoms with van der Waals surface area (Å²) in [6.07, 6.45) is 0.481. The van der Waals surface area contributed by atoms with Crippen molar-refractivity contribution in [1.82, 2.24) is 4.90 Å². The number of nitrogens with one attached hydrogen (secondary N) is 1. The van der Waals surface area contributed by atoms with Crippen molar-refractivity contribution in [2.75, 3.05) is 43.5 Å². The normalized spacial score (nSPS) is 19.2. The Bertz CT molecular complexity index is 496. The van der Waals surface area contributed by atoms with E-state index in [1.165, 1.54) is 0 Å². The lowest BCUT2D eigenvalue weighted by molar-refractivity contribution is -0.116. The van der Waals surface area contributed by atoms with E-state index in [0.717, 1.165) is 25.4 Å². The smallest absolute Gasteiger partial charge is 0.225 e. The minimum absolute atomic E-state index is 0.00946. The molecular weight excluding hydrogens is 286 g/mol. The first-order chi connectivity index (χ1) is 10.1. The lowest BCUT2D eigenvalue weighted by Crippen LogP contribution is -2.38. The Morgan fingerprint density at radius 3 is 3.10 bits per heavy atom. The number of carbonyl (C=O) groups excluding carboxylic acids is 1. The molecule has 3 N–H and O–H groups in total. The fraction of sp³-hybridized carbons (Fsp3) is 0.533. The molecule has 0 radical (unpaired) electrons. The highest BCUT2D eigenvalue weighted by Crippen LogP contribution is 2.26. The molecule has 1 amide bonds. The second-order valence-electron chi connectivity index (χ2n) is 5.24. The van der Waals surface area contributed by atoms with Crippen LogP contribution >= 0.6 is 11.8 Å². The van der Waals surface area contributed by atoms with Crippen molar-refractivity contribution in [1.29, 1.82) is 0 Å². The molecule has 6 heteroatoms. The zero-order valence-electron chi connectivity index (χ0n) is 12.6. The number of benzene rings is 1. The van der Waals surface area contributed by atoms with Gasteiger partial charge in [-0.2, -0.15) is 11.8 Å². The van der Waals surface area contributed by atoms with Gasteiger partial charge in [-0.25, -0.2) is 0 Å². The van der Waals surface area contributed by atoms with Gasteiger partial charge in [-0.15, -0.1) is 0 Å². The van der Waals surface area contributed by atoms with Gasteiger partial charge < -0.3 is 20.7 Å². The Balaban J connectivity index is 1.85. The van der Waals surface area contributed by atoms with E-state index in [4.69, 9.17) is 10.5 Å². The third-order valence-corrected chi connectivity index (χ3v) is 4.61. The van der Waals surface area contributed by atoms with Crippen molar-refractivity contribution in [3.63, 3.8) is 0 Å². The second-order valence-corrected chi connectivity index (χ2v) is 6.79. The summed E-state index contributed by atoms with van der Waals surface area (Å²) in [6.45, 7) is 5.14. The molecule has 1 heterocycles. The summed E-state index contributed by atoms with van der Waals surface area (Å²) in [7, 11) is 1.58. The van der Waals surface area contributed by atoms with Crippen LogP contribution in [0.5, 0.6) is 5.75 Å². The summed E-state index contributed by atoms with van der Waals surface area (Å²) in [5.74, 6) is 1.76. The summed E-state index contributed by atoms with van der Waals surface area (Å²) in [5, 5.41) is 3.53. The number of nitrogens with zero attached hydrogens (tertiary/aromatic N) is 1. The van der Waals surface area contributed by atoms with Gasteiger partial charge >= 0.3 is 0 Å². The number of thioether (sulfide) groups is 1. The van der Waals surface area contributed by atoms with Gasteiger partial charge in [-0.3, -0.25) is 4.79 Å². The molecule has 0 spiro atoms. The second kappa shape index (κ2) is 7.56. The van der Waals surface area contributed by atoms with E-state index in [1.807, 2.05) is 11.8 Å². The summed E-state index contributed by atoms with van der Waals surface area (Å²) < 4.78 is 5.23. The average Bonchev–Trinajstić information content (AvgIpc) is 2.45. The molecular formula is C15H23N3O2S. The van der Waals surface area contributed by atoms with Crippen LogP contribution in [0, 0.1) is 0 Å². The van der Waals surface area contributed by atoms with E-state index in [-0.39, 0.29) is 5.91 Å². The average molecular weight is 309 g/mol. The van der Waals surface area contributed by atoms with Crippen LogP contribution in [0.15, 0.2) is 18.2 Å². The number of carbonyl (C=O) groups is 1. The fourth-order valence-corrected chi connectivity index (χ4v) is 3.47. The van der Waals surface area contributed by atoms with Gasteiger partial charge in [0.15, 0.2) is 0 Å². The van der Waals surface area contributed by atoms with Gasteiger partial charge in [0, 0.05) is 42.7 Å². The van der Waals surface area contributed by atoms with Crippen LogP contribution in [0.1, 0.15) is 13.3 Å². The SMILES string of the molecule is COc1ccc(N)cc1NC(=O)CCN1CCSC(C)C1. The molecule has 1 aliphatic heterocycles. The summed E-state index contributed by atoms with van der Waals surface area (Å²) in [6, 6.07) is 5.23. The summed E-state index contributed by atoms with van der Waals surface area (Å²) in [5.41, 5.74) is 6.98. The van der Waals surface area contributed by atoms with Crippen LogP contribution < -0.4 is 15.8 Å². The molecule has 0 saturated carbocycles. The van der Waals surface area contributed by atoms with Gasteiger partial charge in [-0.05, 0) is 18.2 Å². The maximum absolute atomic E-state index is 12.1. The number of methoxy groups -OCH3 is 1. The molecule has 0 bridgehead atoms. The van der Waals surface area contributed by atoms with Gasteiger partial charge in [0.2, 0.25) is 5.91 Å². The summed E-state index contributed by atoms with van der Waals surface area (Å²) >= 11 is 1.99. The van der Waals surface area contributed by atoms with Crippen molar-refractivity contribution in [2.45, 2.75) is 18.6 Å². The van der Waals surface area contributed by atoms with Gasteiger partial charge in [0.25, 0.3) is 0 Å². The first-order valence-electron chi connectivity index (χ1n) is 7.16. The van der Waals surface area contributed by atoms with E-state index in [2.05, 4.69) is 17.1 Å². The number of anilines is 2. The van der Waals surface area contributed by atoms with Crippen molar-refractivity contribution < 1.29 is 9.53 Å². The van der Waals surface area contributed by atoms with Crippen LogP contribution in [0.2, 0.25) is 0 Å². The molecule has 1 aliphatic rings. The third-order valence-electron chi connectivity index (χ3n) is 3.48. The lowest BCUT2D eigenvalue weighted by atomic mass is 10.2. The highest BCUT2D eigenvalue weighted by molar-refractivity contribution is 7.99. The number of nitrogens with two attached hydrogens (primary N) is 1. The summed E-state index contributed by atoms with van der Waals surface area (Å²) in [4.78, 5) is 14.4. The maximum Gasteiger partial charge on any atom is 0.225 e. The van der Waals surface area contributed by atoms with Gasteiger partial charge in [0.05, 0.1) is 12.8 Å². The maximum atomic E-state index is 12.1. The molecule has 5 nitrogen and oxygen atoms in total. The Kier molecular flexibility index (Phi) is 5.76. The first kappa shape index (κ1) is 16.0. The number of amides is 1. The molecule has 1 aromatic carbocycles. The number of rotatable bonds is 5. The largest absolute Gasteiger partial charge is 0.495 e. The molecule has 1 unspecified atom stereocenters. The standard InChI is InChI=1S/C15H23N3O2S/c1-11-10-18(7-8-21-11)6-5-15(19)17-13-9-12(16)3-4-14(13)20-2/h3-4,9,11H,5-8,10,16H2,1-2H3,(H,17,19). The molecule has 2 rings (SSSR count). The molecule has 0 aliphatic carbocycles. The quantitative estimate of drug-likeness (QED) is 0.815. The monoisotopic (exact) mass is 309 g/mol.